The highest BCUT2D eigenvalue weighted by molar-refractivity contribution is 6.30. The van der Waals surface area contributed by atoms with Crippen LogP contribution in [-0.2, 0) is 4.79 Å². The topological polar surface area (TPSA) is 95.9 Å². The molecule has 2 unspecified atom stereocenters. The Hall–Kier alpha value is -3.26. The molecule has 9 heteroatoms. The molecule has 1 spiro atoms. The zero-order valence-electron chi connectivity index (χ0n) is 19.2. The van der Waals surface area contributed by atoms with Crippen molar-refractivity contribution >= 4 is 35.0 Å². The van der Waals surface area contributed by atoms with Crippen molar-refractivity contribution in [2.45, 2.75) is 32.1 Å². The van der Waals surface area contributed by atoms with Crippen molar-refractivity contribution in [2.75, 3.05) is 30.4 Å². The van der Waals surface area contributed by atoms with Gasteiger partial charge < -0.3 is 15.5 Å². The number of amides is 1. The van der Waals surface area contributed by atoms with E-state index in [1.54, 1.807) is 31.7 Å². The maximum atomic E-state index is 12.3. The van der Waals surface area contributed by atoms with Gasteiger partial charge in [-0.1, -0.05) is 18.0 Å². The zero-order valence-corrected chi connectivity index (χ0v) is 19.9. The van der Waals surface area contributed by atoms with E-state index in [-0.39, 0.29) is 17.2 Å². The molecule has 8 nitrogen and oxygen atoms in total. The van der Waals surface area contributed by atoms with Gasteiger partial charge in [0.15, 0.2) is 5.82 Å². The minimum atomic E-state index is 0.100. The van der Waals surface area contributed by atoms with Crippen molar-refractivity contribution in [3.63, 3.8) is 0 Å². The van der Waals surface area contributed by atoms with E-state index in [1.165, 1.54) is 0 Å². The summed E-state index contributed by atoms with van der Waals surface area (Å²) in [5.74, 6) is 3.05. The Kier molecular flexibility index (Phi) is 6.32. The third kappa shape index (κ3) is 4.82. The van der Waals surface area contributed by atoms with Crippen LogP contribution in [-0.4, -0.2) is 46.0 Å². The molecular weight excluding hydrogens is 450 g/mol. The second-order valence-electron chi connectivity index (χ2n) is 9.24. The van der Waals surface area contributed by atoms with Crippen LogP contribution < -0.4 is 15.5 Å². The number of nitrogens with one attached hydrogen (secondary N) is 2. The van der Waals surface area contributed by atoms with Gasteiger partial charge in [-0.3, -0.25) is 9.78 Å². The third-order valence-corrected chi connectivity index (χ3v) is 7.16. The molecule has 2 fully saturated rings. The van der Waals surface area contributed by atoms with Gasteiger partial charge in [-0.25, -0.2) is 15.0 Å². The number of hydrogen-bond acceptors (Lipinski definition) is 7. The van der Waals surface area contributed by atoms with Gasteiger partial charge in [0.1, 0.15) is 17.5 Å². The van der Waals surface area contributed by atoms with Crippen LogP contribution in [0.2, 0.25) is 5.02 Å². The van der Waals surface area contributed by atoms with Crippen molar-refractivity contribution in [2.24, 2.45) is 11.3 Å². The fourth-order valence-corrected chi connectivity index (χ4v) is 5.36. The molecule has 1 amide bonds. The zero-order chi connectivity index (χ0) is 23.5. The molecular formula is C25H28ClN7O. The largest absolute Gasteiger partial charge is 0.359 e. The lowest BCUT2D eigenvalue weighted by molar-refractivity contribution is -0.126. The Morgan fingerprint density at radius 3 is 2.85 bits per heavy atom. The predicted molar refractivity (Wildman–Crippen MR) is 133 cm³/mol. The summed E-state index contributed by atoms with van der Waals surface area (Å²) in [6, 6.07) is 9.41. The number of hydrogen-bond donors (Lipinski definition) is 2. The first-order valence-corrected chi connectivity index (χ1v) is 12.1. The normalized spacial score (nSPS) is 22.1. The lowest BCUT2D eigenvalue weighted by Crippen LogP contribution is -2.38. The molecule has 2 aliphatic rings. The molecule has 0 bridgehead atoms. The van der Waals surface area contributed by atoms with Gasteiger partial charge in [0.25, 0.3) is 0 Å². The summed E-state index contributed by atoms with van der Waals surface area (Å²) in [4.78, 5) is 32.9. The SMILES string of the molecule is CNC(=O)C1CCCC2(CCN(c3cc(Nc4ccc(Cl)cn4)nc(-c4cccnc4)n3)C2)C1. The van der Waals surface area contributed by atoms with Crippen molar-refractivity contribution in [3.05, 3.63) is 53.9 Å². The molecule has 176 valence electrons. The first-order valence-electron chi connectivity index (χ1n) is 11.7. The highest BCUT2D eigenvalue weighted by Crippen LogP contribution is 2.47. The summed E-state index contributed by atoms with van der Waals surface area (Å²) in [6.45, 7) is 1.80. The van der Waals surface area contributed by atoms with E-state index in [9.17, 15) is 4.79 Å². The first-order chi connectivity index (χ1) is 16.5. The van der Waals surface area contributed by atoms with Crippen LogP contribution >= 0.6 is 11.6 Å². The molecule has 1 aliphatic carbocycles. The van der Waals surface area contributed by atoms with Crippen molar-refractivity contribution < 1.29 is 4.79 Å². The number of carbonyl (C=O) groups excluding carboxylic acids is 1. The van der Waals surface area contributed by atoms with Crippen LogP contribution in [0.4, 0.5) is 17.5 Å². The van der Waals surface area contributed by atoms with Gasteiger partial charge in [0.2, 0.25) is 5.91 Å². The van der Waals surface area contributed by atoms with E-state index < -0.39 is 0 Å². The van der Waals surface area contributed by atoms with Gasteiger partial charge in [-0.15, -0.1) is 0 Å². The lowest BCUT2D eigenvalue weighted by Gasteiger charge is -2.37. The van der Waals surface area contributed by atoms with E-state index in [1.807, 2.05) is 24.3 Å². The number of pyridine rings is 2. The van der Waals surface area contributed by atoms with Crippen LogP contribution in [0, 0.1) is 11.3 Å². The summed E-state index contributed by atoms with van der Waals surface area (Å²) in [5.41, 5.74) is 1.00. The quantitative estimate of drug-likeness (QED) is 0.559. The number of carbonyl (C=O) groups is 1. The predicted octanol–water partition coefficient (Wildman–Crippen LogP) is 4.46. The molecule has 3 aromatic rings. The Balaban J connectivity index is 1.43. The Bertz CT molecular complexity index is 1160. The van der Waals surface area contributed by atoms with Crippen LogP contribution in [0.25, 0.3) is 11.4 Å². The summed E-state index contributed by atoms with van der Waals surface area (Å²) >= 11 is 5.99. The number of nitrogens with zero attached hydrogens (tertiary/aromatic N) is 5. The monoisotopic (exact) mass is 477 g/mol. The smallest absolute Gasteiger partial charge is 0.222 e. The van der Waals surface area contributed by atoms with Crippen molar-refractivity contribution in [1.82, 2.24) is 25.3 Å². The summed E-state index contributed by atoms with van der Waals surface area (Å²) in [7, 11) is 1.73. The Morgan fingerprint density at radius 1 is 1.18 bits per heavy atom. The molecule has 4 heterocycles. The number of aromatic nitrogens is 4. The lowest BCUT2D eigenvalue weighted by atomic mass is 9.69. The number of halogens is 1. The van der Waals surface area contributed by atoms with E-state index in [0.29, 0.717) is 22.5 Å². The van der Waals surface area contributed by atoms with Gasteiger partial charge in [-0.05, 0) is 55.4 Å². The number of rotatable bonds is 5. The second kappa shape index (κ2) is 9.54. The molecule has 0 radical (unpaired) electrons. The maximum Gasteiger partial charge on any atom is 0.222 e. The fraction of sp³-hybridized carbons (Fsp3) is 0.400. The summed E-state index contributed by atoms with van der Waals surface area (Å²) in [5, 5.41) is 6.71. The minimum Gasteiger partial charge on any atom is -0.359 e. The van der Waals surface area contributed by atoms with E-state index in [0.717, 1.165) is 56.6 Å². The molecule has 3 aromatic heterocycles. The van der Waals surface area contributed by atoms with Crippen molar-refractivity contribution in [1.29, 1.82) is 0 Å². The van der Waals surface area contributed by atoms with Crippen molar-refractivity contribution in [3.8, 4) is 11.4 Å². The summed E-state index contributed by atoms with van der Waals surface area (Å²) < 4.78 is 0. The Morgan fingerprint density at radius 2 is 2.09 bits per heavy atom. The van der Waals surface area contributed by atoms with Crippen LogP contribution in [0.3, 0.4) is 0 Å². The highest BCUT2D eigenvalue weighted by atomic mass is 35.5. The van der Waals surface area contributed by atoms with Crippen LogP contribution in [0.5, 0.6) is 0 Å². The van der Waals surface area contributed by atoms with E-state index in [2.05, 4.69) is 25.5 Å². The Labute approximate surface area is 204 Å². The summed E-state index contributed by atoms with van der Waals surface area (Å²) in [6.07, 6.45) is 10.3. The molecule has 1 saturated heterocycles. The molecule has 5 rings (SSSR count). The number of anilines is 3. The van der Waals surface area contributed by atoms with Crippen LogP contribution in [0.15, 0.2) is 48.9 Å². The highest BCUT2D eigenvalue weighted by Gasteiger charge is 2.43. The van der Waals surface area contributed by atoms with Crippen LogP contribution in [0.1, 0.15) is 32.1 Å². The average molecular weight is 478 g/mol. The third-order valence-electron chi connectivity index (χ3n) is 6.93. The van der Waals surface area contributed by atoms with Gasteiger partial charge >= 0.3 is 0 Å². The molecule has 0 aromatic carbocycles. The molecule has 2 atom stereocenters. The van der Waals surface area contributed by atoms with Gasteiger partial charge in [-0.2, -0.15) is 0 Å². The molecule has 34 heavy (non-hydrogen) atoms. The standard InChI is InChI=1S/C25H28ClN7O/c1-27-24(34)17-4-2-8-25(13-17)9-11-33(16-25)22-12-21(30-20-7-6-19(26)15-29-20)31-23(32-22)18-5-3-10-28-14-18/h3,5-7,10,12,14-15,17H,2,4,8-9,11,13,16H2,1H3,(H,27,34)(H,29,30,31,32). The molecule has 1 aliphatic heterocycles. The first kappa shape index (κ1) is 22.5. The fourth-order valence-electron chi connectivity index (χ4n) is 5.25. The molecule has 2 N–H and O–H groups in total. The van der Waals surface area contributed by atoms with E-state index >= 15 is 0 Å². The molecule has 1 saturated carbocycles. The average Bonchev–Trinajstić information content (AvgIpc) is 3.28. The van der Waals surface area contributed by atoms with Gasteiger partial charge in [0.05, 0.1) is 5.02 Å². The van der Waals surface area contributed by atoms with Gasteiger partial charge in [0, 0.05) is 56.3 Å². The minimum absolute atomic E-state index is 0.100. The maximum absolute atomic E-state index is 12.3. The van der Waals surface area contributed by atoms with E-state index in [4.69, 9.17) is 21.6 Å². The second-order valence-corrected chi connectivity index (χ2v) is 9.68.